The van der Waals surface area contributed by atoms with Crippen LogP contribution in [0.2, 0.25) is 5.02 Å². The monoisotopic (exact) mass is 493 g/mol. The van der Waals surface area contributed by atoms with Gasteiger partial charge in [-0.15, -0.1) is 0 Å². The highest BCUT2D eigenvalue weighted by atomic mass is 35.5. The third kappa shape index (κ3) is 3.90. The van der Waals surface area contributed by atoms with Gasteiger partial charge >= 0.3 is 11.7 Å². The minimum Gasteiger partial charge on any atom is -0.462 e. The largest absolute Gasteiger partial charge is 0.462 e. The molecule has 180 valence electrons. The third-order valence-electron chi connectivity index (χ3n) is 6.52. The van der Waals surface area contributed by atoms with Gasteiger partial charge in [-0.25, -0.2) is 14.0 Å². The summed E-state index contributed by atoms with van der Waals surface area (Å²) >= 11 is 6.33. The van der Waals surface area contributed by atoms with Gasteiger partial charge in [-0.1, -0.05) is 11.6 Å². The zero-order valence-electron chi connectivity index (χ0n) is 19.7. The van der Waals surface area contributed by atoms with Crippen molar-refractivity contribution in [1.82, 2.24) is 9.13 Å². The number of carbonyl (C=O) groups excluding carboxylic acids is 1. The SMILES string of the molecule is CCOC(=O)c1cc(F)cc(C2(n3c(=O)n(-c4ccc(N(C)C)cc4)c4cc(Cl)ccc43)CC2)c1. The van der Waals surface area contributed by atoms with Crippen LogP contribution in [0.4, 0.5) is 10.1 Å². The van der Waals surface area contributed by atoms with Crippen molar-refractivity contribution >= 4 is 34.3 Å². The van der Waals surface area contributed by atoms with Gasteiger partial charge in [-0.2, -0.15) is 0 Å². The molecule has 0 radical (unpaired) electrons. The summed E-state index contributed by atoms with van der Waals surface area (Å²) in [4.78, 5) is 28.3. The first-order chi connectivity index (χ1) is 16.7. The van der Waals surface area contributed by atoms with Gasteiger partial charge in [0, 0.05) is 24.8 Å². The van der Waals surface area contributed by atoms with Crippen LogP contribution >= 0.6 is 11.6 Å². The number of rotatable bonds is 6. The fourth-order valence-corrected chi connectivity index (χ4v) is 4.85. The number of imidazole rings is 1. The first-order valence-electron chi connectivity index (χ1n) is 11.4. The van der Waals surface area contributed by atoms with Crippen LogP contribution in [0.25, 0.3) is 16.7 Å². The van der Waals surface area contributed by atoms with E-state index in [1.807, 2.05) is 49.3 Å². The number of aromatic nitrogens is 2. The molecule has 1 fully saturated rings. The van der Waals surface area contributed by atoms with Crippen LogP contribution in [0.15, 0.2) is 65.5 Å². The Morgan fingerprint density at radius 3 is 2.40 bits per heavy atom. The lowest BCUT2D eigenvalue weighted by Gasteiger charge is -2.19. The number of fused-ring (bicyclic) bond motifs is 1. The summed E-state index contributed by atoms with van der Waals surface area (Å²) in [6.07, 6.45) is 1.28. The van der Waals surface area contributed by atoms with E-state index < -0.39 is 17.3 Å². The topological polar surface area (TPSA) is 56.5 Å². The molecule has 0 N–H and O–H groups in total. The van der Waals surface area contributed by atoms with Crippen molar-refractivity contribution in [3.8, 4) is 5.69 Å². The maximum absolute atomic E-state index is 14.6. The number of hydrogen-bond acceptors (Lipinski definition) is 4. The van der Waals surface area contributed by atoms with Crippen molar-refractivity contribution in [3.05, 3.63) is 93.1 Å². The molecule has 0 atom stereocenters. The molecule has 0 unspecified atom stereocenters. The van der Waals surface area contributed by atoms with Crippen LogP contribution < -0.4 is 10.6 Å². The van der Waals surface area contributed by atoms with E-state index in [0.29, 0.717) is 40.1 Å². The second-order valence-electron chi connectivity index (χ2n) is 8.98. The third-order valence-corrected chi connectivity index (χ3v) is 6.76. The van der Waals surface area contributed by atoms with Crippen LogP contribution in [0.5, 0.6) is 0 Å². The van der Waals surface area contributed by atoms with Gasteiger partial charge in [0.15, 0.2) is 0 Å². The van der Waals surface area contributed by atoms with Gasteiger partial charge in [0.05, 0.1) is 34.4 Å². The first kappa shape index (κ1) is 23.2. The van der Waals surface area contributed by atoms with E-state index in [2.05, 4.69) is 0 Å². The van der Waals surface area contributed by atoms with E-state index in [0.717, 1.165) is 11.8 Å². The lowest BCUT2D eigenvalue weighted by molar-refractivity contribution is 0.0525. The Morgan fingerprint density at radius 1 is 1.06 bits per heavy atom. The van der Waals surface area contributed by atoms with Crippen molar-refractivity contribution < 1.29 is 13.9 Å². The van der Waals surface area contributed by atoms with E-state index in [9.17, 15) is 14.0 Å². The average molecular weight is 494 g/mol. The van der Waals surface area contributed by atoms with Gasteiger partial charge < -0.3 is 9.64 Å². The fourth-order valence-electron chi connectivity index (χ4n) is 4.68. The molecule has 1 saturated carbocycles. The Labute approximate surface area is 207 Å². The molecule has 1 aromatic heterocycles. The van der Waals surface area contributed by atoms with Crippen molar-refractivity contribution in [2.24, 2.45) is 0 Å². The lowest BCUT2D eigenvalue weighted by Crippen LogP contribution is -2.32. The number of carbonyl (C=O) groups is 1. The van der Waals surface area contributed by atoms with Gasteiger partial charge in [-0.05, 0) is 86.0 Å². The number of ether oxygens (including phenoxy) is 1. The van der Waals surface area contributed by atoms with Crippen molar-refractivity contribution in [1.29, 1.82) is 0 Å². The predicted molar refractivity (Wildman–Crippen MR) is 136 cm³/mol. The van der Waals surface area contributed by atoms with E-state index >= 15 is 0 Å². The van der Waals surface area contributed by atoms with Crippen LogP contribution in [0, 0.1) is 5.82 Å². The number of hydrogen-bond donors (Lipinski definition) is 0. The summed E-state index contributed by atoms with van der Waals surface area (Å²) in [5.41, 5.74) is 2.75. The fraction of sp³-hybridized carbons (Fsp3) is 0.259. The highest BCUT2D eigenvalue weighted by Crippen LogP contribution is 2.50. The quantitative estimate of drug-likeness (QED) is 0.339. The second-order valence-corrected chi connectivity index (χ2v) is 9.41. The number of halogens is 2. The zero-order valence-corrected chi connectivity index (χ0v) is 20.5. The van der Waals surface area contributed by atoms with E-state index in [1.54, 1.807) is 34.3 Å². The molecule has 0 aliphatic heterocycles. The highest BCUT2D eigenvalue weighted by Gasteiger charge is 2.49. The Balaban J connectivity index is 1.72. The molecule has 8 heteroatoms. The zero-order chi connectivity index (χ0) is 24.9. The van der Waals surface area contributed by atoms with Crippen LogP contribution in [0.3, 0.4) is 0 Å². The predicted octanol–water partition coefficient (Wildman–Crippen LogP) is 5.36. The molecular weight excluding hydrogens is 469 g/mol. The van der Waals surface area contributed by atoms with E-state index in [4.69, 9.17) is 16.3 Å². The summed E-state index contributed by atoms with van der Waals surface area (Å²) in [5.74, 6) is -1.14. The van der Waals surface area contributed by atoms with Crippen LogP contribution in [-0.4, -0.2) is 35.8 Å². The van der Waals surface area contributed by atoms with Crippen LogP contribution in [-0.2, 0) is 10.3 Å². The maximum atomic E-state index is 14.6. The summed E-state index contributed by atoms with van der Waals surface area (Å²) in [7, 11) is 3.90. The summed E-state index contributed by atoms with van der Waals surface area (Å²) in [5, 5.41) is 0.508. The Hall–Kier alpha value is -3.58. The lowest BCUT2D eigenvalue weighted by atomic mass is 10.0. The molecule has 1 heterocycles. The van der Waals surface area contributed by atoms with Crippen molar-refractivity contribution in [2.45, 2.75) is 25.3 Å². The van der Waals surface area contributed by atoms with Gasteiger partial charge in [0.1, 0.15) is 5.82 Å². The number of esters is 1. The molecule has 1 aliphatic rings. The van der Waals surface area contributed by atoms with Crippen molar-refractivity contribution in [2.75, 3.05) is 25.6 Å². The molecule has 4 aromatic rings. The van der Waals surface area contributed by atoms with Gasteiger partial charge in [0.2, 0.25) is 0 Å². The van der Waals surface area contributed by atoms with E-state index in [1.165, 1.54) is 6.07 Å². The maximum Gasteiger partial charge on any atom is 0.338 e. The minimum atomic E-state index is -0.763. The molecule has 5 rings (SSSR count). The second kappa shape index (κ2) is 8.57. The smallest absolute Gasteiger partial charge is 0.338 e. The van der Waals surface area contributed by atoms with Crippen LogP contribution in [0.1, 0.15) is 35.7 Å². The minimum absolute atomic E-state index is 0.132. The highest BCUT2D eigenvalue weighted by molar-refractivity contribution is 6.31. The molecule has 0 bridgehead atoms. The Morgan fingerprint density at radius 2 is 1.77 bits per heavy atom. The molecule has 0 amide bonds. The molecular formula is C27H25ClFN3O3. The number of anilines is 1. The molecule has 1 aliphatic carbocycles. The Bertz CT molecular complexity index is 1500. The average Bonchev–Trinajstić information content (AvgIpc) is 3.57. The van der Waals surface area contributed by atoms with Crippen molar-refractivity contribution in [3.63, 3.8) is 0 Å². The Kier molecular flexibility index (Phi) is 5.68. The first-order valence-corrected chi connectivity index (χ1v) is 11.8. The summed E-state index contributed by atoms with van der Waals surface area (Å²) in [6, 6.07) is 17.2. The molecule has 3 aromatic carbocycles. The normalized spacial score (nSPS) is 14.2. The van der Waals surface area contributed by atoms with Gasteiger partial charge in [0.25, 0.3) is 0 Å². The van der Waals surface area contributed by atoms with Gasteiger partial charge in [-0.3, -0.25) is 9.13 Å². The molecule has 35 heavy (non-hydrogen) atoms. The molecule has 0 saturated heterocycles. The summed E-state index contributed by atoms with van der Waals surface area (Å²) < 4.78 is 23.0. The number of benzene rings is 3. The number of nitrogens with zero attached hydrogens (tertiary/aromatic N) is 3. The van der Waals surface area contributed by atoms with E-state index in [-0.39, 0.29) is 17.9 Å². The molecule has 6 nitrogen and oxygen atoms in total. The molecule has 0 spiro atoms. The summed E-state index contributed by atoms with van der Waals surface area (Å²) in [6.45, 7) is 1.89. The standard InChI is InChI=1S/C27H25ClFN3O3/c1-4-35-25(33)17-13-18(15-20(29)14-17)27(11-12-27)32-23-10-5-19(28)16-24(23)31(26(32)34)22-8-6-21(7-9-22)30(2)3/h5-10,13-16H,4,11-12H2,1-3H3.